The molecule has 19 heavy (non-hydrogen) atoms. The van der Waals surface area contributed by atoms with Gasteiger partial charge in [0, 0.05) is 25.6 Å². The summed E-state index contributed by atoms with van der Waals surface area (Å²) >= 11 is 1.37. The van der Waals surface area contributed by atoms with E-state index in [1.807, 2.05) is 13.2 Å². The van der Waals surface area contributed by atoms with Crippen molar-refractivity contribution >= 4 is 17.7 Å². The van der Waals surface area contributed by atoms with Crippen LogP contribution in [0.5, 0.6) is 0 Å². The van der Waals surface area contributed by atoms with Crippen LogP contribution in [0.3, 0.4) is 0 Å². The number of nitrogen functional groups attached to an aromatic ring is 1. The van der Waals surface area contributed by atoms with Crippen molar-refractivity contribution in [3.8, 4) is 5.95 Å². The molecule has 3 aromatic heterocycles. The minimum atomic E-state index is 0.159. The van der Waals surface area contributed by atoms with Crippen molar-refractivity contribution in [3.63, 3.8) is 0 Å². The van der Waals surface area contributed by atoms with Gasteiger partial charge in [0.25, 0.3) is 5.95 Å². The van der Waals surface area contributed by atoms with E-state index in [-0.39, 0.29) is 5.95 Å². The number of nitrogens with two attached hydrogens (primary N) is 1. The second-order valence-corrected chi connectivity index (χ2v) is 4.72. The van der Waals surface area contributed by atoms with Crippen molar-refractivity contribution in [1.82, 2.24) is 34.5 Å². The summed E-state index contributed by atoms with van der Waals surface area (Å²) in [7, 11) is 1.85. The summed E-state index contributed by atoms with van der Waals surface area (Å²) in [6.07, 6.45) is 7.00. The standard InChI is InChI=1S/C10H10N8S/c1-17-6-7(5-13-17)19-10-15-8(11)14-9(16-10)18-4-2-3-12-18/h2-6H,1H3,(H2,11,14,15,16). The van der Waals surface area contributed by atoms with Gasteiger partial charge < -0.3 is 5.73 Å². The average Bonchev–Trinajstić information content (AvgIpc) is 3.00. The molecule has 0 amide bonds. The fourth-order valence-electron chi connectivity index (χ4n) is 1.45. The van der Waals surface area contributed by atoms with Crippen molar-refractivity contribution in [2.45, 2.75) is 10.1 Å². The summed E-state index contributed by atoms with van der Waals surface area (Å²) in [5.41, 5.74) is 5.69. The second kappa shape index (κ2) is 4.69. The van der Waals surface area contributed by atoms with Crippen LogP contribution >= 0.6 is 11.8 Å². The Hall–Kier alpha value is -2.42. The van der Waals surface area contributed by atoms with E-state index in [2.05, 4.69) is 25.1 Å². The highest BCUT2D eigenvalue weighted by Gasteiger charge is 2.09. The van der Waals surface area contributed by atoms with Gasteiger partial charge in [-0.05, 0) is 17.8 Å². The zero-order valence-electron chi connectivity index (χ0n) is 10.0. The Labute approximate surface area is 112 Å². The first-order valence-corrected chi connectivity index (χ1v) is 6.20. The predicted octanol–water partition coefficient (Wildman–Crippen LogP) is 0.524. The molecule has 3 aromatic rings. The van der Waals surface area contributed by atoms with Crippen molar-refractivity contribution in [3.05, 3.63) is 30.9 Å². The van der Waals surface area contributed by atoms with Crippen molar-refractivity contribution in [1.29, 1.82) is 0 Å². The Morgan fingerprint density at radius 1 is 1.21 bits per heavy atom. The van der Waals surface area contributed by atoms with Crippen LogP contribution in [-0.2, 0) is 7.05 Å². The first kappa shape index (κ1) is 11.7. The molecule has 8 nitrogen and oxygen atoms in total. The van der Waals surface area contributed by atoms with Gasteiger partial charge >= 0.3 is 0 Å². The van der Waals surface area contributed by atoms with Gasteiger partial charge in [0.1, 0.15) is 0 Å². The first-order valence-electron chi connectivity index (χ1n) is 5.39. The molecule has 96 valence electrons. The number of anilines is 1. The fraction of sp³-hybridized carbons (Fsp3) is 0.100. The van der Waals surface area contributed by atoms with Crippen molar-refractivity contribution < 1.29 is 0 Å². The van der Waals surface area contributed by atoms with Gasteiger partial charge in [0.15, 0.2) is 5.16 Å². The smallest absolute Gasteiger partial charge is 0.256 e. The van der Waals surface area contributed by atoms with E-state index >= 15 is 0 Å². The highest BCUT2D eigenvalue weighted by Crippen LogP contribution is 2.24. The minimum Gasteiger partial charge on any atom is -0.368 e. The van der Waals surface area contributed by atoms with E-state index in [4.69, 9.17) is 5.73 Å². The average molecular weight is 274 g/mol. The molecule has 3 rings (SSSR count). The molecule has 0 aliphatic carbocycles. The topological polar surface area (TPSA) is 100 Å². The molecule has 0 fully saturated rings. The molecule has 0 aliphatic rings. The largest absolute Gasteiger partial charge is 0.368 e. The van der Waals surface area contributed by atoms with Crippen LogP contribution < -0.4 is 5.73 Å². The maximum Gasteiger partial charge on any atom is 0.256 e. The summed E-state index contributed by atoms with van der Waals surface area (Å²) in [5.74, 6) is 0.552. The fourth-order valence-corrected chi connectivity index (χ4v) is 2.24. The summed E-state index contributed by atoms with van der Waals surface area (Å²) in [5, 5.41) is 8.65. The highest BCUT2D eigenvalue weighted by molar-refractivity contribution is 7.99. The zero-order valence-corrected chi connectivity index (χ0v) is 10.8. The van der Waals surface area contributed by atoms with Crippen LogP contribution in [0.1, 0.15) is 0 Å². The van der Waals surface area contributed by atoms with Crippen LogP contribution in [-0.4, -0.2) is 34.5 Å². The number of nitrogens with zero attached hydrogens (tertiary/aromatic N) is 7. The lowest BCUT2D eigenvalue weighted by molar-refractivity contribution is 0.763. The van der Waals surface area contributed by atoms with Crippen LogP contribution in [0.2, 0.25) is 0 Å². The SMILES string of the molecule is Cn1cc(Sc2nc(N)nc(-n3cccn3)n2)cn1. The molecule has 0 spiro atoms. The molecule has 0 atom stereocenters. The Bertz CT molecular complexity index is 689. The van der Waals surface area contributed by atoms with Gasteiger partial charge in [-0.15, -0.1) is 0 Å². The summed E-state index contributed by atoms with van der Waals surface area (Å²) < 4.78 is 3.24. The third-order valence-electron chi connectivity index (χ3n) is 2.22. The highest BCUT2D eigenvalue weighted by atomic mass is 32.2. The third-order valence-corrected chi connectivity index (χ3v) is 3.03. The zero-order chi connectivity index (χ0) is 13.2. The van der Waals surface area contributed by atoms with Gasteiger partial charge in [-0.1, -0.05) is 0 Å². The molecular formula is C10H10N8S. The van der Waals surface area contributed by atoms with Crippen LogP contribution in [0, 0.1) is 0 Å². The van der Waals surface area contributed by atoms with Gasteiger partial charge in [0.05, 0.1) is 11.1 Å². The Balaban J connectivity index is 1.94. The normalized spacial score (nSPS) is 10.8. The number of hydrogen-bond acceptors (Lipinski definition) is 7. The van der Waals surface area contributed by atoms with Crippen LogP contribution in [0.25, 0.3) is 5.95 Å². The molecule has 0 bridgehead atoms. The number of aromatic nitrogens is 7. The van der Waals surface area contributed by atoms with Gasteiger partial charge in [0.2, 0.25) is 5.95 Å². The Morgan fingerprint density at radius 2 is 2.11 bits per heavy atom. The van der Waals surface area contributed by atoms with E-state index in [0.717, 1.165) is 4.90 Å². The predicted molar refractivity (Wildman–Crippen MR) is 68.7 cm³/mol. The molecule has 0 saturated heterocycles. The molecule has 3 heterocycles. The van der Waals surface area contributed by atoms with Gasteiger partial charge in [-0.3, -0.25) is 4.68 Å². The van der Waals surface area contributed by atoms with Gasteiger partial charge in [-0.25, -0.2) is 4.68 Å². The number of aryl methyl sites for hydroxylation is 1. The summed E-state index contributed by atoms with van der Waals surface area (Å²) in [6, 6.07) is 1.79. The van der Waals surface area contributed by atoms with E-state index in [9.17, 15) is 0 Å². The molecule has 0 radical (unpaired) electrons. The van der Waals surface area contributed by atoms with E-state index in [0.29, 0.717) is 11.1 Å². The Kier molecular flexibility index (Phi) is 2.88. The monoisotopic (exact) mass is 274 g/mol. The maximum atomic E-state index is 5.69. The lowest BCUT2D eigenvalue weighted by atomic mass is 10.7. The first-order chi connectivity index (χ1) is 9.20. The van der Waals surface area contributed by atoms with Crippen molar-refractivity contribution in [2.75, 3.05) is 5.73 Å². The Morgan fingerprint density at radius 3 is 2.79 bits per heavy atom. The van der Waals surface area contributed by atoms with Crippen molar-refractivity contribution in [2.24, 2.45) is 7.05 Å². The maximum absolute atomic E-state index is 5.69. The quantitative estimate of drug-likeness (QED) is 0.743. The molecule has 0 aliphatic heterocycles. The molecular weight excluding hydrogens is 264 g/mol. The molecule has 9 heteroatoms. The van der Waals surface area contributed by atoms with E-state index in [1.54, 1.807) is 29.3 Å². The van der Waals surface area contributed by atoms with E-state index < -0.39 is 0 Å². The lowest BCUT2D eigenvalue weighted by Gasteiger charge is -2.03. The van der Waals surface area contributed by atoms with Crippen LogP contribution in [0.4, 0.5) is 5.95 Å². The molecule has 0 unspecified atom stereocenters. The van der Waals surface area contributed by atoms with E-state index in [1.165, 1.54) is 16.4 Å². The summed E-state index contributed by atoms with van der Waals surface area (Å²) in [4.78, 5) is 13.4. The second-order valence-electron chi connectivity index (χ2n) is 3.68. The minimum absolute atomic E-state index is 0.159. The summed E-state index contributed by atoms with van der Waals surface area (Å²) in [6.45, 7) is 0. The molecule has 0 saturated carbocycles. The lowest BCUT2D eigenvalue weighted by Crippen LogP contribution is -2.07. The molecule has 2 N–H and O–H groups in total. The molecule has 0 aromatic carbocycles. The van der Waals surface area contributed by atoms with Crippen LogP contribution in [0.15, 0.2) is 40.9 Å². The number of hydrogen-bond donors (Lipinski definition) is 1. The number of rotatable bonds is 3. The third kappa shape index (κ3) is 2.55. The van der Waals surface area contributed by atoms with Gasteiger partial charge in [-0.2, -0.15) is 25.1 Å².